The first-order valence-corrected chi connectivity index (χ1v) is 11.2. The third kappa shape index (κ3) is 5.69. The van der Waals surface area contributed by atoms with Gasteiger partial charge >= 0.3 is 12.1 Å². The highest BCUT2D eigenvalue weighted by Crippen LogP contribution is 2.39. The molecule has 1 saturated heterocycles. The van der Waals surface area contributed by atoms with E-state index in [-0.39, 0.29) is 5.91 Å². The van der Waals surface area contributed by atoms with Crippen LogP contribution in [0.5, 0.6) is 0 Å². The van der Waals surface area contributed by atoms with E-state index < -0.39 is 12.1 Å². The zero-order valence-corrected chi connectivity index (χ0v) is 18.7. The van der Waals surface area contributed by atoms with Crippen LogP contribution in [0.25, 0.3) is 0 Å². The molecule has 4 rings (SSSR count). The molecule has 3 atom stereocenters. The normalized spacial score (nSPS) is 22.9. The number of fused-ring (bicyclic) bond motifs is 1. The van der Waals surface area contributed by atoms with Gasteiger partial charge in [-0.1, -0.05) is 17.6 Å². The van der Waals surface area contributed by atoms with E-state index in [0.717, 1.165) is 19.6 Å². The standard InChI is InChI=1S/C19H25N3O2S.C2HF3O2/c1-13-16(9-20-24-13)19(23)22-10-14-5-3-7-18(17(14)12-22)21(2)11-15-6-4-8-25-15;3-2(4,5)1(6)7/h4,6,8-9,14,17-18H,3,5,7,10-12H2,1-2H3;(H,6,7)/t14-,17+,18?;/m1./s1. The highest BCUT2D eigenvalue weighted by atomic mass is 32.1. The second-order valence-corrected chi connectivity index (χ2v) is 9.26. The predicted molar refractivity (Wildman–Crippen MR) is 111 cm³/mol. The quantitative estimate of drug-likeness (QED) is 0.721. The minimum Gasteiger partial charge on any atom is -0.475 e. The van der Waals surface area contributed by atoms with Gasteiger partial charge in [-0.2, -0.15) is 13.2 Å². The van der Waals surface area contributed by atoms with Gasteiger partial charge in [-0.25, -0.2) is 4.79 Å². The van der Waals surface area contributed by atoms with Gasteiger partial charge in [0, 0.05) is 30.6 Å². The van der Waals surface area contributed by atoms with Crippen molar-refractivity contribution in [2.45, 2.75) is 44.9 Å². The van der Waals surface area contributed by atoms with Crippen molar-refractivity contribution in [3.63, 3.8) is 0 Å². The van der Waals surface area contributed by atoms with Gasteiger partial charge in [-0.05, 0) is 50.1 Å². The Balaban J connectivity index is 0.000000360. The smallest absolute Gasteiger partial charge is 0.475 e. The molecule has 0 spiro atoms. The summed E-state index contributed by atoms with van der Waals surface area (Å²) in [5.74, 6) is -0.872. The molecule has 1 aliphatic heterocycles. The van der Waals surface area contributed by atoms with E-state index in [0.29, 0.717) is 29.2 Å². The third-order valence-corrected chi connectivity index (χ3v) is 6.98. The zero-order valence-electron chi connectivity index (χ0n) is 17.8. The maximum absolute atomic E-state index is 12.8. The molecule has 0 aromatic carbocycles. The molecule has 1 unspecified atom stereocenters. The highest BCUT2D eigenvalue weighted by Gasteiger charge is 2.43. The number of thiophene rings is 1. The Morgan fingerprint density at radius 3 is 2.62 bits per heavy atom. The summed E-state index contributed by atoms with van der Waals surface area (Å²) in [4.78, 5) is 27.6. The monoisotopic (exact) mass is 473 g/mol. The molecule has 0 bridgehead atoms. The summed E-state index contributed by atoms with van der Waals surface area (Å²) in [5, 5.41) is 13.0. The van der Waals surface area contributed by atoms with Crippen molar-refractivity contribution in [2.24, 2.45) is 11.8 Å². The number of likely N-dealkylation sites (tertiary alicyclic amines) is 1. The van der Waals surface area contributed by atoms with Gasteiger partial charge in [0.2, 0.25) is 0 Å². The van der Waals surface area contributed by atoms with Gasteiger partial charge in [-0.15, -0.1) is 11.3 Å². The Kier molecular flexibility index (Phi) is 7.60. The van der Waals surface area contributed by atoms with Crippen molar-refractivity contribution in [3.8, 4) is 0 Å². The van der Waals surface area contributed by atoms with Crippen LogP contribution in [0.4, 0.5) is 13.2 Å². The molecule has 32 heavy (non-hydrogen) atoms. The topological polar surface area (TPSA) is 86.9 Å². The second kappa shape index (κ2) is 10.0. The lowest BCUT2D eigenvalue weighted by atomic mass is 9.77. The van der Waals surface area contributed by atoms with Crippen LogP contribution in [0.1, 0.15) is 40.3 Å². The van der Waals surface area contributed by atoms with Gasteiger partial charge in [0.05, 0.1) is 6.20 Å². The SMILES string of the molecule is Cc1oncc1C(=O)N1C[C@H]2CCCC(N(C)Cc3cccs3)[C@H]2C1.O=C(O)C(F)(F)F. The summed E-state index contributed by atoms with van der Waals surface area (Å²) in [5.41, 5.74) is 0.613. The van der Waals surface area contributed by atoms with Crippen LogP contribution >= 0.6 is 11.3 Å². The Labute approximate surface area is 187 Å². The summed E-state index contributed by atoms with van der Waals surface area (Å²) < 4.78 is 36.8. The number of rotatable bonds is 4. The number of carbonyl (C=O) groups excluding carboxylic acids is 1. The summed E-state index contributed by atoms with van der Waals surface area (Å²) in [6.45, 7) is 4.54. The molecule has 2 aliphatic rings. The fraction of sp³-hybridized carbons (Fsp3) is 0.571. The van der Waals surface area contributed by atoms with Gasteiger partial charge in [0.15, 0.2) is 0 Å². The first-order valence-electron chi connectivity index (χ1n) is 10.3. The van der Waals surface area contributed by atoms with Gasteiger partial charge in [0.1, 0.15) is 11.3 Å². The minimum absolute atomic E-state index is 0.0767. The largest absolute Gasteiger partial charge is 0.490 e. The number of carbonyl (C=O) groups is 2. The number of halogens is 3. The number of carboxylic acids is 1. The predicted octanol–water partition coefficient (Wildman–Crippen LogP) is 4.05. The van der Waals surface area contributed by atoms with Gasteiger partial charge in [0.25, 0.3) is 5.91 Å². The lowest BCUT2D eigenvalue weighted by Gasteiger charge is -2.38. The van der Waals surface area contributed by atoms with Crippen LogP contribution < -0.4 is 0 Å². The van der Waals surface area contributed by atoms with Crippen LogP contribution in [0, 0.1) is 18.8 Å². The highest BCUT2D eigenvalue weighted by molar-refractivity contribution is 7.09. The first-order chi connectivity index (χ1) is 15.1. The van der Waals surface area contributed by atoms with Crippen molar-refractivity contribution >= 4 is 23.2 Å². The average molecular weight is 474 g/mol. The van der Waals surface area contributed by atoms with Crippen molar-refractivity contribution in [2.75, 3.05) is 20.1 Å². The van der Waals surface area contributed by atoms with Gasteiger partial charge < -0.3 is 14.5 Å². The lowest BCUT2D eigenvalue weighted by Crippen LogP contribution is -2.43. The molecule has 1 amide bonds. The fourth-order valence-electron chi connectivity index (χ4n) is 4.59. The molecule has 2 fully saturated rings. The molecule has 2 aromatic rings. The number of alkyl halides is 3. The van der Waals surface area contributed by atoms with E-state index in [1.165, 1.54) is 24.1 Å². The average Bonchev–Trinajstić information content (AvgIpc) is 3.47. The number of aryl methyl sites for hydroxylation is 1. The molecule has 3 heterocycles. The number of nitrogens with zero attached hydrogens (tertiary/aromatic N) is 3. The Bertz CT molecular complexity index is 916. The summed E-state index contributed by atoms with van der Waals surface area (Å²) in [6.07, 6.45) is 0.201. The Morgan fingerprint density at radius 2 is 2.06 bits per heavy atom. The van der Waals surface area contributed by atoms with E-state index in [4.69, 9.17) is 14.4 Å². The Hall–Kier alpha value is -2.40. The van der Waals surface area contributed by atoms with Crippen molar-refractivity contribution in [3.05, 3.63) is 39.9 Å². The molecule has 2 aromatic heterocycles. The maximum Gasteiger partial charge on any atom is 0.490 e. The number of aromatic nitrogens is 1. The summed E-state index contributed by atoms with van der Waals surface area (Å²) >= 11 is 1.82. The molecule has 176 valence electrons. The second-order valence-electron chi connectivity index (χ2n) is 8.23. The van der Waals surface area contributed by atoms with Crippen molar-refractivity contribution < 1.29 is 32.4 Å². The molecular weight excluding hydrogens is 447 g/mol. The van der Waals surface area contributed by atoms with E-state index in [1.807, 2.05) is 16.2 Å². The third-order valence-electron chi connectivity index (χ3n) is 6.12. The lowest BCUT2D eigenvalue weighted by molar-refractivity contribution is -0.192. The van der Waals surface area contributed by atoms with Crippen LogP contribution in [0.2, 0.25) is 0 Å². The molecule has 1 N–H and O–H groups in total. The van der Waals surface area contributed by atoms with Gasteiger partial charge in [-0.3, -0.25) is 9.69 Å². The molecular formula is C21H26F3N3O4S. The Morgan fingerprint density at radius 1 is 1.34 bits per heavy atom. The van der Waals surface area contributed by atoms with E-state index in [9.17, 15) is 18.0 Å². The van der Waals surface area contributed by atoms with Crippen LogP contribution in [0.3, 0.4) is 0 Å². The maximum atomic E-state index is 12.8. The summed E-state index contributed by atoms with van der Waals surface area (Å²) in [7, 11) is 2.24. The molecule has 1 saturated carbocycles. The zero-order chi connectivity index (χ0) is 23.5. The molecule has 11 heteroatoms. The minimum atomic E-state index is -5.08. The van der Waals surface area contributed by atoms with Crippen LogP contribution in [-0.4, -0.2) is 64.3 Å². The van der Waals surface area contributed by atoms with Crippen LogP contribution in [0.15, 0.2) is 28.2 Å². The molecule has 7 nitrogen and oxygen atoms in total. The number of hydrogen-bond donors (Lipinski definition) is 1. The van der Waals surface area contributed by atoms with Crippen molar-refractivity contribution in [1.29, 1.82) is 0 Å². The summed E-state index contributed by atoms with van der Waals surface area (Å²) in [6, 6.07) is 4.89. The number of carboxylic acid groups (broad SMARTS) is 1. The van der Waals surface area contributed by atoms with Crippen molar-refractivity contribution in [1.82, 2.24) is 15.0 Å². The van der Waals surface area contributed by atoms with Crippen LogP contribution in [-0.2, 0) is 11.3 Å². The molecule has 1 aliphatic carbocycles. The number of amides is 1. The van der Waals surface area contributed by atoms with E-state index in [1.54, 1.807) is 13.1 Å². The number of aliphatic carboxylic acids is 1. The fourth-order valence-corrected chi connectivity index (χ4v) is 5.36. The van der Waals surface area contributed by atoms with E-state index in [2.05, 4.69) is 34.6 Å². The molecule has 0 radical (unpaired) electrons. The number of hydrogen-bond acceptors (Lipinski definition) is 6. The van der Waals surface area contributed by atoms with E-state index >= 15 is 0 Å². The first kappa shape index (κ1) is 24.2.